The first kappa shape index (κ1) is 23.1. The second-order valence-corrected chi connectivity index (χ2v) is 9.20. The first-order chi connectivity index (χ1) is 16.9. The number of benzene rings is 2. The second kappa shape index (κ2) is 9.55. The van der Waals surface area contributed by atoms with Gasteiger partial charge in [0.1, 0.15) is 12.9 Å². The summed E-state index contributed by atoms with van der Waals surface area (Å²) in [5, 5.41) is 25.2. The molecular weight excluding hydrogens is 448 g/mol. The fourth-order valence-electron chi connectivity index (χ4n) is 4.93. The lowest BCUT2D eigenvalue weighted by Crippen LogP contribution is -2.45. The van der Waals surface area contributed by atoms with Gasteiger partial charge in [-0.25, -0.2) is 9.48 Å². The highest BCUT2D eigenvalue weighted by Gasteiger charge is 2.27. The third kappa shape index (κ3) is 4.67. The number of likely N-dealkylation sites (tertiary alicyclic amines) is 1. The standard InChI is InChI=1S/C25H28N6O4/c1-15-11-17(3-6-22(15)31-14-26-28-29-31)24(33)27-18-7-9-30(10-8-18)12-23(32)19-4-5-20-21(16(19)2)13-35-25(20)34/h3-6,11,14,18,23,32H,7-10,12-13H2,1-2H3,(H,27,33). The molecule has 2 aromatic carbocycles. The third-order valence-electron chi connectivity index (χ3n) is 6.98. The minimum atomic E-state index is -0.649. The minimum absolute atomic E-state index is 0.0836. The topological polar surface area (TPSA) is 122 Å². The van der Waals surface area contributed by atoms with Crippen LogP contribution in [-0.2, 0) is 11.3 Å². The van der Waals surface area contributed by atoms with Crippen LogP contribution in [0.4, 0.5) is 0 Å². The summed E-state index contributed by atoms with van der Waals surface area (Å²) in [4.78, 5) is 26.8. The molecule has 35 heavy (non-hydrogen) atoms. The lowest BCUT2D eigenvalue weighted by atomic mass is 9.94. The number of aliphatic hydroxyl groups is 1. The number of rotatable bonds is 6. The maximum Gasteiger partial charge on any atom is 0.338 e. The summed E-state index contributed by atoms with van der Waals surface area (Å²) in [6.45, 7) is 6.19. The van der Waals surface area contributed by atoms with Crippen molar-refractivity contribution in [3.63, 3.8) is 0 Å². The van der Waals surface area contributed by atoms with Gasteiger partial charge in [0.2, 0.25) is 0 Å². The second-order valence-electron chi connectivity index (χ2n) is 9.20. The Labute approximate surface area is 202 Å². The van der Waals surface area contributed by atoms with Crippen LogP contribution in [0.3, 0.4) is 0 Å². The highest BCUT2D eigenvalue weighted by molar-refractivity contribution is 5.95. The SMILES string of the molecule is Cc1cc(C(=O)NC2CCN(CC(O)c3ccc4c(c3C)COC4=O)CC2)ccc1-n1cnnn1. The van der Waals surface area contributed by atoms with Gasteiger partial charge in [-0.15, -0.1) is 5.10 Å². The van der Waals surface area contributed by atoms with Crippen molar-refractivity contribution >= 4 is 11.9 Å². The lowest BCUT2D eigenvalue weighted by molar-refractivity contribution is 0.0534. The van der Waals surface area contributed by atoms with Gasteiger partial charge in [-0.05, 0) is 78.1 Å². The van der Waals surface area contributed by atoms with Crippen LogP contribution < -0.4 is 5.32 Å². The third-order valence-corrected chi connectivity index (χ3v) is 6.98. The molecule has 1 saturated heterocycles. The van der Waals surface area contributed by atoms with Crippen molar-refractivity contribution in [2.45, 2.75) is 45.4 Å². The molecule has 1 unspecified atom stereocenters. The summed E-state index contributed by atoms with van der Waals surface area (Å²) in [6, 6.07) is 9.12. The number of carbonyl (C=O) groups is 2. The van der Waals surface area contributed by atoms with Crippen LogP contribution in [0.25, 0.3) is 5.69 Å². The lowest BCUT2D eigenvalue weighted by Gasteiger charge is -2.33. The van der Waals surface area contributed by atoms with E-state index in [1.54, 1.807) is 16.8 Å². The molecule has 0 aliphatic carbocycles. The van der Waals surface area contributed by atoms with E-state index in [0.717, 1.165) is 53.9 Å². The number of hydrogen-bond acceptors (Lipinski definition) is 8. The number of piperidine rings is 1. The van der Waals surface area contributed by atoms with Crippen molar-refractivity contribution in [1.29, 1.82) is 0 Å². The van der Waals surface area contributed by atoms with E-state index in [9.17, 15) is 14.7 Å². The molecule has 3 aromatic rings. The number of amides is 1. The number of carbonyl (C=O) groups excluding carboxylic acids is 2. The van der Waals surface area contributed by atoms with Crippen molar-refractivity contribution in [1.82, 2.24) is 30.4 Å². The van der Waals surface area contributed by atoms with Gasteiger partial charge in [0.05, 0.1) is 17.4 Å². The number of hydrogen-bond donors (Lipinski definition) is 2. The molecule has 2 aliphatic heterocycles. The molecule has 0 saturated carbocycles. The molecule has 182 valence electrons. The minimum Gasteiger partial charge on any atom is -0.457 e. The normalized spacial score (nSPS) is 17.2. The Morgan fingerprint density at radius 2 is 2.03 bits per heavy atom. The summed E-state index contributed by atoms with van der Waals surface area (Å²) < 4.78 is 6.69. The fraction of sp³-hybridized carbons (Fsp3) is 0.400. The van der Waals surface area contributed by atoms with E-state index in [-0.39, 0.29) is 24.5 Å². The molecule has 5 rings (SSSR count). The number of aliphatic hydroxyl groups excluding tert-OH is 1. The number of aromatic nitrogens is 4. The molecule has 1 fully saturated rings. The zero-order valence-electron chi connectivity index (χ0n) is 19.8. The van der Waals surface area contributed by atoms with Gasteiger partial charge in [-0.3, -0.25) is 4.79 Å². The molecule has 1 aromatic heterocycles. The largest absolute Gasteiger partial charge is 0.457 e. The average molecular weight is 477 g/mol. The predicted octanol–water partition coefficient (Wildman–Crippen LogP) is 1.88. The summed E-state index contributed by atoms with van der Waals surface area (Å²) in [5.74, 6) is -0.396. The number of ether oxygens (including phenoxy) is 1. The number of β-amino-alcohol motifs (C(OH)–C–C–N with tert-alkyl or cyclic N) is 1. The Kier molecular flexibility index (Phi) is 6.31. The van der Waals surface area contributed by atoms with Crippen LogP contribution in [0.2, 0.25) is 0 Å². The highest BCUT2D eigenvalue weighted by atomic mass is 16.5. The van der Waals surface area contributed by atoms with Gasteiger partial charge in [-0.2, -0.15) is 0 Å². The fourth-order valence-corrected chi connectivity index (χ4v) is 4.93. The van der Waals surface area contributed by atoms with Crippen molar-refractivity contribution in [2.24, 2.45) is 0 Å². The van der Waals surface area contributed by atoms with Crippen molar-refractivity contribution < 1.29 is 19.4 Å². The summed E-state index contributed by atoms with van der Waals surface area (Å²) >= 11 is 0. The van der Waals surface area contributed by atoms with Crippen LogP contribution in [0.15, 0.2) is 36.7 Å². The maximum absolute atomic E-state index is 12.8. The van der Waals surface area contributed by atoms with E-state index < -0.39 is 6.10 Å². The van der Waals surface area contributed by atoms with Gasteiger partial charge >= 0.3 is 5.97 Å². The predicted molar refractivity (Wildman–Crippen MR) is 126 cm³/mol. The first-order valence-corrected chi connectivity index (χ1v) is 11.8. The zero-order chi connectivity index (χ0) is 24.5. The van der Waals surface area contributed by atoms with E-state index in [2.05, 4.69) is 25.7 Å². The molecule has 2 aliphatic rings. The molecular formula is C25H28N6O4. The summed E-state index contributed by atoms with van der Waals surface area (Å²) in [7, 11) is 0. The van der Waals surface area contributed by atoms with E-state index in [1.807, 2.05) is 32.0 Å². The maximum atomic E-state index is 12.8. The molecule has 0 bridgehead atoms. The average Bonchev–Trinajstić information content (AvgIpc) is 3.51. The smallest absolute Gasteiger partial charge is 0.338 e. The molecule has 3 heterocycles. The van der Waals surface area contributed by atoms with Crippen LogP contribution in [0.1, 0.15) is 61.9 Å². The highest BCUT2D eigenvalue weighted by Crippen LogP contribution is 2.30. The van der Waals surface area contributed by atoms with E-state index >= 15 is 0 Å². The monoisotopic (exact) mass is 476 g/mol. The number of aryl methyl sites for hydroxylation is 1. The van der Waals surface area contributed by atoms with Crippen molar-refractivity contribution in [2.75, 3.05) is 19.6 Å². The zero-order valence-corrected chi connectivity index (χ0v) is 19.8. The number of fused-ring (bicyclic) bond motifs is 1. The first-order valence-electron chi connectivity index (χ1n) is 11.8. The summed E-state index contributed by atoms with van der Waals surface area (Å²) in [6.07, 6.45) is 2.49. The molecule has 2 N–H and O–H groups in total. The van der Waals surface area contributed by atoms with E-state index in [0.29, 0.717) is 17.7 Å². The van der Waals surface area contributed by atoms with E-state index in [1.165, 1.54) is 6.33 Å². The van der Waals surface area contributed by atoms with E-state index in [4.69, 9.17) is 4.74 Å². The molecule has 0 spiro atoms. The van der Waals surface area contributed by atoms with Gasteiger partial charge < -0.3 is 20.1 Å². The van der Waals surface area contributed by atoms with Crippen LogP contribution in [0, 0.1) is 13.8 Å². The quantitative estimate of drug-likeness (QED) is 0.517. The Bertz CT molecular complexity index is 1250. The molecule has 1 atom stereocenters. The van der Waals surface area contributed by atoms with Crippen LogP contribution >= 0.6 is 0 Å². The Morgan fingerprint density at radius 3 is 2.74 bits per heavy atom. The number of tetrazole rings is 1. The Morgan fingerprint density at radius 1 is 1.23 bits per heavy atom. The number of cyclic esters (lactones) is 1. The van der Waals surface area contributed by atoms with Gasteiger partial charge in [0, 0.05) is 36.8 Å². The molecule has 0 radical (unpaired) electrons. The number of nitrogens with one attached hydrogen (secondary N) is 1. The van der Waals surface area contributed by atoms with Crippen molar-refractivity contribution in [3.05, 3.63) is 70.0 Å². The Balaban J connectivity index is 1.14. The number of nitrogens with zero attached hydrogens (tertiary/aromatic N) is 5. The van der Waals surface area contributed by atoms with Crippen molar-refractivity contribution in [3.8, 4) is 5.69 Å². The van der Waals surface area contributed by atoms with Crippen LogP contribution in [-0.4, -0.2) is 67.8 Å². The molecule has 1 amide bonds. The molecule has 10 heteroatoms. The van der Waals surface area contributed by atoms with Gasteiger partial charge in [0.15, 0.2) is 0 Å². The summed E-state index contributed by atoms with van der Waals surface area (Å²) in [5.41, 5.74) is 5.56. The van der Waals surface area contributed by atoms with Crippen LogP contribution in [0.5, 0.6) is 0 Å². The van der Waals surface area contributed by atoms with Gasteiger partial charge in [0.25, 0.3) is 5.91 Å². The molecule has 10 nitrogen and oxygen atoms in total. The number of esters is 1. The Hall–Kier alpha value is -3.63. The van der Waals surface area contributed by atoms with Gasteiger partial charge in [-0.1, -0.05) is 6.07 Å².